The first kappa shape index (κ1) is 15.0. The molecule has 0 bridgehead atoms. The van der Waals surface area contributed by atoms with Gasteiger partial charge in [-0.3, -0.25) is 0 Å². The van der Waals surface area contributed by atoms with Gasteiger partial charge in [0.2, 0.25) is 0 Å². The zero-order valence-corrected chi connectivity index (χ0v) is 12.0. The summed E-state index contributed by atoms with van der Waals surface area (Å²) in [6.45, 7) is 5.88. The van der Waals surface area contributed by atoms with Crippen molar-refractivity contribution in [2.24, 2.45) is 0 Å². The first-order valence-electron chi connectivity index (χ1n) is 5.91. The minimum Gasteiger partial charge on any atom is -0.241 e. The van der Waals surface area contributed by atoms with Crippen molar-refractivity contribution >= 4 is 11.3 Å². The Morgan fingerprint density at radius 1 is 1.05 bits per heavy atom. The Kier molecular flexibility index (Phi) is 3.62. The highest BCUT2D eigenvalue weighted by Gasteiger charge is 2.31. The zero-order chi connectivity index (χ0) is 15.1. The van der Waals surface area contributed by atoms with E-state index in [1.54, 1.807) is 5.38 Å². The summed E-state index contributed by atoms with van der Waals surface area (Å²) >= 11 is 1.36. The number of rotatable bonds is 1. The van der Waals surface area contributed by atoms with E-state index in [1.807, 2.05) is 20.8 Å². The monoisotopic (exact) mass is 303 g/mol. The molecule has 1 heterocycles. The molecule has 108 valence electrons. The molecular weight excluding hydrogens is 290 g/mol. The average molecular weight is 303 g/mol. The number of thiazole rings is 1. The number of alkyl halides is 3. The van der Waals surface area contributed by atoms with E-state index in [0.29, 0.717) is 11.8 Å². The molecule has 1 nitrogen and oxygen atoms in total. The predicted molar refractivity (Wildman–Crippen MR) is 71.2 cm³/mol. The molecule has 0 aliphatic rings. The van der Waals surface area contributed by atoms with Crippen molar-refractivity contribution in [2.75, 3.05) is 0 Å². The fraction of sp³-hybridized carbons (Fsp3) is 0.357. The lowest BCUT2D eigenvalue weighted by atomic mass is 9.98. The maximum absolute atomic E-state index is 13.4. The summed E-state index contributed by atoms with van der Waals surface area (Å²) in [5, 5.41) is 2.44. The van der Waals surface area contributed by atoms with Crippen LogP contribution in [-0.2, 0) is 11.6 Å². The number of nitrogens with zero attached hydrogens (tertiary/aromatic N) is 1. The molecule has 0 fully saturated rings. The van der Waals surface area contributed by atoms with Crippen LogP contribution in [0.1, 0.15) is 31.3 Å². The van der Waals surface area contributed by atoms with E-state index in [4.69, 9.17) is 0 Å². The molecule has 2 aromatic rings. The van der Waals surface area contributed by atoms with Crippen LogP contribution in [0.2, 0.25) is 0 Å². The van der Waals surface area contributed by atoms with Crippen molar-refractivity contribution in [2.45, 2.75) is 32.4 Å². The van der Waals surface area contributed by atoms with Crippen LogP contribution in [0.4, 0.5) is 17.6 Å². The Morgan fingerprint density at radius 2 is 1.70 bits per heavy atom. The molecule has 1 aromatic carbocycles. The lowest BCUT2D eigenvalue weighted by molar-refractivity contribution is -0.137. The smallest absolute Gasteiger partial charge is 0.241 e. The Morgan fingerprint density at radius 3 is 2.20 bits per heavy atom. The summed E-state index contributed by atoms with van der Waals surface area (Å²) in [7, 11) is 0. The van der Waals surface area contributed by atoms with Crippen LogP contribution in [0, 0.1) is 5.82 Å². The van der Waals surface area contributed by atoms with Crippen molar-refractivity contribution in [1.82, 2.24) is 4.98 Å². The molecule has 0 aliphatic heterocycles. The van der Waals surface area contributed by atoms with Crippen LogP contribution in [-0.4, -0.2) is 4.98 Å². The highest BCUT2D eigenvalue weighted by atomic mass is 32.1. The van der Waals surface area contributed by atoms with Crippen molar-refractivity contribution in [1.29, 1.82) is 0 Å². The second-order valence-electron chi connectivity index (χ2n) is 5.51. The molecule has 20 heavy (non-hydrogen) atoms. The van der Waals surface area contributed by atoms with Crippen LogP contribution in [0.15, 0.2) is 23.6 Å². The quantitative estimate of drug-likeness (QED) is 0.654. The predicted octanol–water partition coefficient (Wildman–Crippen LogP) is 5.27. The average Bonchev–Trinajstić information content (AvgIpc) is 2.75. The minimum absolute atomic E-state index is 0.143. The van der Waals surface area contributed by atoms with E-state index in [0.717, 1.165) is 17.1 Å². The van der Waals surface area contributed by atoms with Gasteiger partial charge in [-0.1, -0.05) is 20.8 Å². The maximum atomic E-state index is 13.4. The van der Waals surface area contributed by atoms with Crippen LogP contribution >= 0.6 is 11.3 Å². The fourth-order valence-corrected chi connectivity index (χ4v) is 2.57. The fourth-order valence-electron chi connectivity index (χ4n) is 1.65. The van der Waals surface area contributed by atoms with E-state index in [2.05, 4.69) is 4.98 Å². The van der Waals surface area contributed by atoms with Crippen LogP contribution in [0.25, 0.3) is 11.3 Å². The van der Waals surface area contributed by atoms with Crippen LogP contribution in [0.5, 0.6) is 0 Å². The van der Waals surface area contributed by atoms with Gasteiger partial charge in [-0.15, -0.1) is 11.3 Å². The molecule has 0 spiro atoms. The minimum atomic E-state index is -4.57. The third-order valence-corrected chi connectivity index (χ3v) is 3.93. The molecule has 0 saturated carbocycles. The Labute approximate surface area is 118 Å². The first-order chi connectivity index (χ1) is 9.07. The summed E-state index contributed by atoms with van der Waals surface area (Å²) < 4.78 is 51.4. The van der Waals surface area contributed by atoms with E-state index in [9.17, 15) is 17.6 Å². The van der Waals surface area contributed by atoms with Gasteiger partial charge in [0.05, 0.1) is 16.3 Å². The first-order valence-corrected chi connectivity index (χ1v) is 6.79. The zero-order valence-electron chi connectivity index (χ0n) is 11.2. The van der Waals surface area contributed by atoms with Crippen molar-refractivity contribution in [3.63, 3.8) is 0 Å². The molecule has 0 atom stereocenters. The van der Waals surface area contributed by atoms with Gasteiger partial charge >= 0.3 is 6.18 Å². The third kappa shape index (κ3) is 3.17. The molecule has 0 amide bonds. The van der Waals surface area contributed by atoms with Gasteiger partial charge in [-0.05, 0) is 18.2 Å². The summed E-state index contributed by atoms with van der Waals surface area (Å²) in [5.41, 5.74) is -0.685. The van der Waals surface area contributed by atoms with Gasteiger partial charge in [0, 0.05) is 16.4 Å². The molecular formula is C14H13F4NS. The van der Waals surface area contributed by atoms with Gasteiger partial charge < -0.3 is 0 Å². The highest BCUT2D eigenvalue weighted by molar-refractivity contribution is 7.10. The highest BCUT2D eigenvalue weighted by Crippen LogP contribution is 2.35. The summed E-state index contributed by atoms with van der Waals surface area (Å²) in [6, 6.07) is 2.47. The number of aromatic nitrogens is 1. The normalized spacial score (nSPS) is 12.8. The van der Waals surface area contributed by atoms with Crippen LogP contribution < -0.4 is 0 Å². The van der Waals surface area contributed by atoms with E-state index in [1.165, 1.54) is 11.3 Å². The van der Waals surface area contributed by atoms with Crippen molar-refractivity contribution < 1.29 is 17.6 Å². The topological polar surface area (TPSA) is 12.9 Å². The summed E-state index contributed by atoms with van der Waals surface area (Å²) in [4.78, 5) is 4.30. The van der Waals surface area contributed by atoms with Crippen molar-refractivity contribution in [3.8, 4) is 11.3 Å². The van der Waals surface area contributed by atoms with Gasteiger partial charge in [-0.2, -0.15) is 13.2 Å². The van der Waals surface area contributed by atoms with Crippen molar-refractivity contribution in [3.05, 3.63) is 40.0 Å². The Bertz CT molecular complexity index is 623. The van der Waals surface area contributed by atoms with E-state index >= 15 is 0 Å². The molecule has 0 unspecified atom stereocenters. The van der Waals surface area contributed by atoms with Gasteiger partial charge in [-0.25, -0.2) is 9.37 Å². The van der Waals surface area contributed by atoms with E-state index < -0.39 is 17.6 Å². The lowest BCUT2D eigenvalue weighted by Gasteiger charge is -2.13. The largest absolute Gasteiger partial charge is 0.416 e. The SMILES string of the molecule is CC(C)(C)c1nc(-c2cc(F)cc(C(F)(F)F)c2)cs1. The number of hydrogen-bond donors (Lipinski definition) is 0. The molecule has 6 heteroatoms. The maximum Gasteiger partial charge on any atom is 0.416 e. The summed E-state index contributed by atoms with van der Waals surface area (Å²) in [6.07, 6.45) is -4.57. The van der Waals surface area contributed by atoms with E-state index in [-0.39, 0.29) is 11.0 Å². The third-order valence-electron chi connectivity index (χ3n) is 2.67. The number of halogens is 4. The molecule has 0 aliphatic carbocycles. The second-order valence-corrected chi connectivity index (χ2v) is 6.37. The molecule has 2 rings (SSSR count). The Hall–Kier alpha value is -1.43. The second kappa shape index (κ2) is 4.84. The Balaban J connectivity index is 2.48. The summed E-state index contributed by atoms with van der Waals surface area (Å²) in [5.74, 6) is -0.917. The molecule has 0 radical (unpaired) electrons. The van der Waals surface area contributed by atoms with Gasteiger partial charge in [0.1, 0.15) is 5.82 Å². The van der Waals surface area contributed by atoms with Gasteiger partial charge in [0.15, 0.2) is 0 Å². The number of benzene rings is 1. The number of hydrogen-bond acceptors (Lipinski definition) is 2. The lowest BCUT2D eigenvalue weighted by Crippen LogP contribution is -2.10. The molecule has 0 N–H and O–H groups in total. The molecule has 1 aromatic heterocycles. The van der Waals surface area contributed by atoms with Crippen LogP contribution in [0.3, 0.4) is 0 Å². The molecule has 0 saturated heterocycles. The van der Waals surface area contributed by atoms with Gasteiger partial charge in [0.25, 0.3) is 0 Å². The standard InChI is InChI=1S/C14H13F4NS/c1-13(2,3)12-19-11(7-20-12)8-4-9(14(16,17)18)6-10(15)5-8/h4-7H,1-3H3.